The van der Waals surface area contributed by atoms with Gasteiger partial charge in [0.1, 0.15) is 16.3 Å². The molecule has 0 unspecified atom stereocenters. The standard InChI is InChI=1S/C22H27ClN4O5S/c1-32-20-7-6-16(11-18(20)23)25-21(28)15-5-4-10-27(14-15)33(30,31)17-12-19(24-13-17)22(29)26-8-2-3-9-26/h6-7,11-13,15,24H,2-5,8-10,14H2,1H3,(H,25,28)/t15-/m1/s1. The van der Waals surface area contributed by atoms with Gasteiger partial charge in [-0.3, -0.25) is 9.59 Å². The predicted molar refractivity (Wildman–Crippen MR) is 124 cm³/mol. The number of H-pyrrole nitrogens is 1. The van der Waals surface area contributed by atoms with E-state index in [0.717, 1.165) is 12.8 Å². The fraction of sp³-hybridized carbons (Fsp3) is 0.455. The van der Waals surface area contributed by atoms with Crippen molar-refractivity contribution in [2.24, 2.45) is 5.92 Å². The molecule has 178 valence electrons. The van der Waals surface area contributed by atoms with E-state index in [4.69, 9.17) is 16.3 Å². The topological polar surface area (TPSA) is 112 Å². The molecule has 0 spiro atoms. The van der Waals surface area contributed by atoms with Gasteiger partial charge in [-0.1, -0.05) is 11.6 Å². The fourth-order valence-electron chi connectivity index (χ4n) is 4.25. The highest BCUT2D eigenvalue weighted by atomic mass is 35.5. The van der Waals surface area contributed by atoms with Crippen molar-refractivity contribution in [1.82, 2.24) is 14.2 Å². The van der Waals surface area contributed by atoms with E-state index in [2.05, 4.69) is 10.3 Å². The molecule has 0 aliphatic carbocycles. The van der Waals surface area contributed by atoms with Crippen LogP contribution in [-0.4, -0.2) is 67.7 Å². The largest absolute Gasteiger partial charge is 0.495 e. The quantitative estimate of drug-likeness (QED) is 0.641. The molecule has 1 aromatic carbocycles. The molecule has 1 aromatic heterocycles. The first-order valence-electron chi connectivity index (χ1n) is 10.9. The van der Waals surface area contributed by atoms with E-state index in [1.54, 1.807) is 23.1 Å². The molecule has 11 heteroatoms. The zero-order valence-corrected chi connectivity index (χ0v) is 19.9. The number of hydrogen-bond acceptors (Lipinski definition) is 5. The Morgan fingerprint density at radius 1 is 1.15 bits per heavy atom. The minimum absolute atomic E-state index is 0.0352. The Kier molecular flexibility index (Phi) is 6.96. The second-order valence-corrected chi connectivity index (χ2v) is 10.6. The summed E-state index contributed by atoms with van der Waals surface area (Å²) in [6.45, 7) is 1.75. The summed E-state index contributed by atoms with van der Waals surface area (Å²) in [7, 11) is -2.33. The van der Waals surface area contributed by atoms with Gasteiger partial charge in [-0.05, 0) is 49.9 Å². The average Bonchev–Trinajstić information content (AvgIpc) is 3.52. The number of methoxy groups -OCH3 is 1. The zero-order valence-electron chi connectivity index (χ0n) is 18.3. The van der Waals surface area contributed by atoms with E-state index in [9.17, 15) is 18.0 Å². The number of likely N-dealkylation sites (tertiary alicyclic amines) is 1. The molecule has 0 radical (unpaired) electrons. The third-order valence-corrected chi connectivity index (χ3v) is 8.23. The normalized spacial score (nSPS) is 19.5. The lowest BCUT2D eigenvalue weighted by atomic mass is 9.98. The first-order chi connectivity index (χ1) is 15.8. The van der Waals surface area contributed by atoms with Gasteiger partial charge in [0.05, 0.1) is 18.1 Å². The van der Waals surface area contributed by atoms with Crippen LogP contribution in [0.1, 0.15) is 36.2 Å². The van der Waals surface area contributed by atoms with E-state index in [-0.39, 0.29) is 28.9 Å². The summed E-state index contributed by atoms with van der Waals surface area (Å²) in [5.41, 5.74) is 0.777. The monoisotopic (exact) mass is 494 g/mol. The highest BCUT2D eigenvalue weighted by molar-refractivity contribution is 7.89. The Morgan fingerprint density at radius 2 is 1.91 bits per heavy atom. The van der Waals surface area contributed by atoms with E-state index < -0.39 is 15.9 Å². The number of carbonyl (C=O) groups excluding carboxylic acids is 2. The molecule has 1 atom stereocenters. The predicted octanol–water partition coefficient (Wildman–Crippen LogP) is 2.95. The Labute approximate surface area is 198 Å². The van der Waals surface area contributed by atoms with Crippen molar-refractivity contribution in [2.75, 3.05) is 38.6 Å². The highest BCUT2D eigenvalue weighted by Crippen LogP contribution is 2.29. The Balaban J connectivity index is 1.43. The van der Waals surface area contributed by atoms with Gasteiger partial charge < -0.3 is 19.9 Å². The average molecular weight is 495 g/mol. The number of hydrogen-bond donors (Lipinski definition) is 2. The van der Waals surface area contributed by atoms with Gasteiger partial charge in [0, 0.05) is 38.1 Å². The minimum atomic E-state index is -3.84. The van der Waals surface area contributed by atoms with Gasteiger partial charge in [0.2, 0.25) is 15.9 Å². The lowest BCUT2D eigenvalue weighted by Gasteiger charge is -2.31. The number of ether oxygens (including phenoxy) is 1. The summed E-state index contributed by atoms with van der Waals surface area (Å²) in [5.74, 6) is -0.462. The number of nitrogens with one attached hydrogen (secondary N) is 2. The third kappa shape index (κ3) is 5.02. The highest BCUT2D eigenvalue weighted by Gasteiger charge is 2.34. The molecule has 2 aromatic rings. The van der Waals surface area contributed by atoms with Crippen LogP contribution in [0.25, 0.3) is 0 Å². The van der Waals surface area contributed by atoms with Crippen molar-refractivity contribution in [2.45, 2.75) is 30.6 Å². The summed E-state index contributed by atoms with van der Waals surface area (Å²) in [5, 5.41) is 3.18. The molecule has 4 rings (SSSR count). The molecule has 2 fully saturated rings. The first kappa shape index (κ1) is 23.6. The Morgan fingerprint density at radius 3 is 2.61 bits per heavy atom. The maximum atomic E-state index is 13.2. The van der Waals surface area contributed by atoms with E-state index in [1.165, 1.54) is 23.7 Å². The number of halogens is 1. The van der Waals surface area contributed by atoms with Crippen LogP contribution in [0.2, 0.25) is 5.02 Å². The van der Waals surface area contributed by atoms with Gasteiger partial charge >= 0.3 is 0 Å². The number of amides is 2. The maximum absolute atomic E-state index is 13.2. The number of benzene rings is 1. The van der Waals surface area contributed by atoms with Gasteiger partial charge in [0.15, 0.2) is 0 Å². The van der Waals surface area contributed by atoms with Crippen LogP contribution in [0.4, 0.5) is 5.69 Å². The number of anilines is 1. The number of aromatic amines is 1. The molecule has 2 amide bonds. The molecule has 0 saturated carbocycles. The van der Waals surface area contributed by atoms with Crippen LogP contribution in [0, 0.1) is 5.92 Å². The molecule has 2 N–H and O–H groups in total. The Bertz CT molecular complexity index is 1140. The van der Waals surface area contributed by atoms with Crippen molar-refractivity contribution in [3.05, 3.63) is 41.2 Å². The molecular weight excluding hydrogens is 468 g/mol. The number of piperidine rings is 1. The van der Waals surface area contributed by atoms with E-state index in [1.807, 2.05) is 0 Å². The van der Waals surface area contributed by atoms with Gasteiger partial charge in [-0.2, -0.15) is 4.31 Å². The zero-order chi connectivity index (χ0) is 23.6. The van der Waals surface area contributed by atoms with Gasteiger partial charge in [-0.25, -0.2) is 8.42 Å². The Hall–Kier alpha value is -2.56. The second kappa shape index (κ2) is 9.74. The van der Waals surface area contributed by atoms with Crippen LogP contribution in [-0.2, 0) is 14.8 Å². The number of aromatic nitrogens is 1. The van der Waals surface area contributed by atoms with Gasteiger partial charge in [-0.15, -0.1) is 0 Å². The third-order valence-electron chi connectivity index (χ3n) is 6.09. The van der Waals surface area contributed by atoms with Crippen LogP contribution < -0.4 is 10.1 Å². The van der Waals surface area contributed by atoms with Crippen molar-refractivity contribution < 1.29 is 22.7 Å². The van der Waals surface area contributed by atoms with Crippen molar-refractivity contribution >= 4 is 39.1 Å². The first-order valence-corrected chi connectivity index (χ1v) is 12.7. The molecule has 0 bridgehead atoms. The van der Waals surface area contributed by atoms with E-state index >= 15 is 0 Å². The van der Waals surface area contributed by atoms with Gasteiger partial charge in [0.25, 0.3) is 5.91 Å². The molecule has 2 saturated heterocycles. The second-order valence-electron chi connectivity index (χ2n) is 8.29. The molecular formula is C22H27ClN4O5S. The summed E-state index contributed by atoms with van der Waals surface area (Å²) in [6.07, 6.45) is 4.40. The maximum Gasteiger partial charge on any atom is 0.270 e. The summed E-state index contributed by atoms with van der Waals surface area (Å²) < 4.78 is 32.8. The summed E-state index contributed by atoms with van der Waals surface area (Å²) in [4.78, 5) is 29.9. The summed E-state index contributed by atoms with van der Waals surface area (Å²) >= 11 is 6.12. The lowest BCUT2D eigenvalue weighted by Crippen LogP contribution is -2.43. The van der Waals surface area contributed by atoms with Crippen molar-refractivity contribution in [3.8, 4) is 5.75 Å². The summed E-state index contributed by atoms with van der Waals surface area (Å²) in [6, 6.07) is 6.31. The smallest absolute Gasteiger partial charge is 0.270 e. The fourth-order valence-corrected chi connectivity index (χ4v) is 6.03. The number of sulfonamides is 1. The van der Waals surface area contributed by atoms with E-state index in [0.29, 0.717) is 48.9 Å². The van der Waals surface area contributed by atoms with Crippen LogP contribution in [0.5, 0.6) is 5.75 Å². The molecule has 9 nitrogen and oxygen atoms in total. The molecule has 2 aliphatic rings. The number of rotatable bonds is 6. The van der Waals surface area contributed by atoms with Crippen LogP contribution in [0.3, 0.4) is 0 Å². The number of carbonyl (C=O) groups is 2. The SMILES string of the molecule is COc1ccc(NC(=O)[C@@H]2CCCN(S(=O)(=O)c3c[nH]c(C(=O)N4CCCC4)c3)C2)cc1Cl. The van der Waals surface area contributed by atoms with Crippen molar-refractivity contribution in [1.29, 1.82) is 0 Å². The van der Waals surface area contributed by atoms with Crippen molar-refractivity contribution in [3.63, 3.8) is 0 Å². The lowest BCUT2D eigenvalue weighted by molar-refractivity contribution is -0.120. The number of nitrogens with zero attached hydrogens (tertiary/aromatic N) is 2. The molecule has 2 aliphatic heterocycles. The minimum Gasteiger partial charge on any atom is -0.495 e. The van der Waals surface area contributed by atoms with Crippen LogP contribution in [0.15, 0.2) is 35.4 Å². The van der Waals surface area contributed by atoms with Crippen LogP contribution >= 0.6 is 11.6 Å². The molecule has 33 heavy (non-hydrogen) atoms. The molecule has 3 heterocycles.